The largest absolute Gasteiger partial charge is 0.313 e. The van der Waals surface area contributed by atoms with Crippen molar-refractivity contribution in [2.45, 2.75) is 19.8 Å². The van der Waals surface area contributed by atoms with Gasteiger partial charge in [-0.15, -0.1) is 11.3 Å². The summed E-state index contributed by atoms with van der Waals surface area (Å²) in [6.45, 7) is 4.34. The predicted octanol–water partition coefficient (Wildman–Crippen LogP) is 3.84. The molecule has 2 heteroatoms. The zero-order valence-electron chi connectivity index (χ0n) is 10.1. The number of hydrogen-bond donors (Lipinski definition) is 1. The van der Waals surface area contributed by atoms with Crippen LogP contribution in [0, 0.1) is 0 Å². The van der Waals surface area contributed by atoms with Gasteiger partial charge in [-0.2, -0.15) is 0 Å². The fourth-order valence-electron chi connectivity index (χ4n) is 2.30. The molecule has 88 valence electrons. The van der Waals surface area contributed by atoms with E-state index in [9.17, 15) is 0 Å². The monoisotopic (exact) mass is 243 g/mol. The molecule has 0 saturated heterocycles. The normalized spacial score (nSPS) is 16.2. The first-order valence-electron chi connectivity index (χ1n) is 6.29. The topological polar surface area (TPSA) is 12.0 Å². The van der Waals surface area contributed by atoms with Crippen molar-refractivity contribution in [3.05, 3.63) is 40.8 Å². The zero-order valence-corrected chi connectivity index (χ0v) is 10.9. The smallest absolute Gasteiger partial charge is 0.0351 e. The summed E-state index contributed by atoms with van der Waals surface area (Å²) in [6, 6.07) is 9.19. The van der Waals surface area contributed by atoms with Crippen LogP contribution in [0.2, 0.25) is 0 Å². The van der Waals surface area contributed by atoms with E-state index in [1.807, 2.05) is 11.3 Å². The molecule has 0 unspecified atom stereocenters. The molecule has 1 aliphatic heterocycles. The van der Waals surface area contributed by atoms with Gasteiger partial charge >= 0.3 is 0 Å². The van der Waals surface area contributed by atoms with Gasteiger partial charge in [-0.25, -0.2) is 0 Å². The molecule has 0 bridgehead atoms. The minimum Gasteiger partial charge on any atom is -0.313 e. The quantitative estimate of drug-likeness (QED) is 0.845. The van der Waals surface area contributed by atoms with Crippen LogP contribution < -0.4 is 5.32 Å². The molecule has 0 spiro atoms. The van der Waals surface area contributed by atoms with E-state index in [2.05, 4.69) is 42.6 Å². The van der Waals surface area contributed by atoms with Gasteiger partial charge in [0.25, 0.3) is 0 Å². The maximum atomic E-state index is 3.36. The van der Waals surface area contributed by atoms with Gasteiger partial charge in [0.15, 0.2) is 0 Å². The standard InChI is InChI=1S/C15H17NS/c1-2-11-3-4-13-10-15(17-14(13)9-11)12-5-7-16-8-6-12/h3-5,9-10,16H,2,6-8H2,1H3. The number of rotatable bonds is 2. The summed E-state index contributed by atoms with van der Waals surface area (Å²) in [4.78, 5) is 1.45. The van der Waals surface area contributed by atoms with Crippen LogP contribution in [0.1, 0.15) is 23.8 Å². The number of fused-ring (bicyclic) bond motifs is 1. The maximum absolute atomic E-state index is 3.36. The van der Waals surface area contributed by atoms with E-state index in [4.69, 9.17) is 0 Å². The van der Waals surface area contributed by atoms with Crippen LogP contribution in [0.5, 0.6) is 0 Å². The number of benzene rings is 1. The molecule has 1 aromatic carbocycles. The Bertz CT molecular complexity index is 565. The second kappa shape index (κ2) is 4.63. The first kappa shape index (κ1) is 11.0. The number of thiophene rings is 1. The number of nitrogens with one attached hydrogen (secondary N) is 1. The lowest BCUT2D eigenvalue weighted by molar-refractivity contribution is 0.739. The average molecular weight is 243 g/mol. The molecular weight excluding hydrogens is 226 g/mol. The fourth-order valence-corrected chi connectivity index (χ4v) is 3.49. The Hall–Kier alpha value is -1.12. The van der Waals surface area contributed by atoms with Gasteiger partial charge in [-0.3, -0.25) is 0 Å². The van der Waals surface area contributed by atoms with Crippen LogP contribution in [-0.2, 0) is 6.42 Å². The van der Waals surface area contributed by atoms with Crippen molar-refractivity contribution < 1.29 is 0 Å². The molecule has 2 aromatic rings. The van der Waals surface area contributed by atoms with Gasteiger partial charge in [0.2, 0.25) is 0 Å². The van der Waals surface area contributed by atoms with E-state index in [0.29, 0.717) is 0 Å². The molecule has 1 nitrogen and oxygen atoms in total. The second-order valence-corrected chi connectivity index (χ2v) is 5.60. The minimum absolute atomic E-state index is 1.02. The molecule has 3 rings (SSSR count). The molecule has 0 amide bonds. The van der Waals surface area contributed by atoms with Gasteiger partial charge < -0.3 is 5.32 Å². The second-order valence-electron chi connectivity index (χ2n) is 4.52. The summed E-state index contributed by atoms with van der Waals surface area (Å²) in [5, 5.41) is 4.76. The highest BCUT2D eigenvalue weighted by Crippen LogP contribution is 2.33. The Balaban J connectivity index is 2.03. The molecule has 0 saturated carbocycles. The van der Waals surface area contributed by atoms with E-state index in [-0.39, 0.29) is 0 Å². The predicted molar refractivity (Wildman–Crippen MR) is 76.7 cm³/mol. The van der Waals surface area contributed by atoms with Crippen LogP contribution in [0.4, 0.5) is 0 Å². The molecular formula is C15H17NS. The molecule has 1 aromatic heterocycles. The summed E-state index contributed by atoms with van der Waals surface area (Å²) in [5.74, 6) is 0. The Labute approximate surface area is 106 Å². The van der Waals surface area contributed by atoms with Crippen molar-refractivity contribution in [1.82, 2.24) is 5.32 Å². The van der Waals surface area contributed by atoms with Crippen molar-refractivity contribution in [2.24, 2.45) is 0 Å². The highest BCUT2D eigenvalue weighted by molar-refractivity contribution is 7.20. The lowest BCUT2D eigenvalue weighted by atomic mass is 10.1. The van der Waals surface area contributed by atoms with Crippen LogP contribution in [-0.4, -0.2) is 13.1 Å². The van der Waals surface area contributed by atoms with E-state index in [1.54, 1.807) is 0 Å². The first-order chi connectivity index (χ1) is 8.36. The summed E-state index contributed by atoms with van der Waals surface area (Å²) >= 11 is 1.94. The third kappa shape index (κ3) is 2.15. The third-order valence-electron chi connectivity index (χ3n) is 3.37. The summed E-state index contributed by atoms with van der Waals surface area (Å²) in [5.41, 5.74) is 2.95. The van der Waals surface area contributed by atoms with E-state index < -0.39 is 0 Å². The van der Waals surface area contributed by atoms with Crippen LogP contribution in [0.3, 0.4) is 0 Å². The Morgan fingerprint density at radius 3 is 3.00 bits per heavy atom. The van der Waals surface area contributed by atoms with Gasteiger partial charge in [0.05, 0.1) is 0 Å². The zero-order chi connectivity index (χ0) is 11.7. The first-order valence-corrected chi connectivity index (χ1v) is 7.11. The Morgan fingerprint density at radius 1 is 1.29 bits per heavy atom. The average Bonchev–Trinajstić information content (AvgIpc) is 2.82. The van der Waals surface area contributed by atoms with Crippen molar-refractivity contribution in [3.63, 3.8) is 0 Å². The molecule has 2 heterocycles. The molecule has 0 atom stereocenters. The lowest BCUT2D eigenvalue weighted by Crippen LogP contribution is -2.19. The maximum Gasteiger partial charge on any atom is 0.0351 e. The van der Waals surface area contributed by atoms with Gasteiger partial charge in [0.1, 0.15) is 0 Å². The summed E-state index contributed by atoms with van der Waals surface area (Å²) < 4.78 is 1.43. The highest BCUT2D eigenvalue weighted by atomic mass is 32.1. The van der Waals surface area contributed by atoms with Crippen molar-refractivity contribution in [3.8, 4) is 0 Å². The molecule has 1 N–H and O–H groups in total. The van der Waals surface area contributed by atoms with Gasteiger partial charge in [-0.1, -0.05) is 25.1 Å². The minimum atomic E-state index is 1.02. The van der Waals surface area contributed by atoms with Crippen LogP contribution in [0.15, 0.2) is 30.3 Å². The summed E-state index contributed by atoms with van der Waals surface area (Å²) in [6.07, 6.45) is 4.61. The molecule has 0 radical (unpaired) electrons. The summed E-state index contributed by atoms with van der Waals surface area (Å²) in [7, 11) is 0. The molecule has 1 aliphatic rings. The Kier molecular flexibility index (Phi) is 3.00. The van der Waals surface area contributed by atoms with Crippen molar-refractivity contribution in [1.29, 1.82) is 0 Å². The van der Waals surface area contributed by atoms with Crippen LogP contribution >= 0.6 is 11.3 Å². The molecule has 0 fully saturated rings. The van der Waals surface area contributed by atoms with E-state index in [1.165, 1.54) is 26.1 Å². The van der Waals surface area contributed by atoms with Crippen molar-refractivity contribution in [2.75, 3.05) is 13.1 Å². The third-order valence-corrected chi connectivity index (χ3v) is 4.55. The van der Waals surface area contributed by atoms with Gasteiger partial charge in [-0.05, 0) is 48.0 Å². The SMILES string of the molecule is CCc1ccc2cc(C3=CCNCC3)sc2c1. The molecule has 0 aliphatic carbocycles. The van der Waals surface area contributed by atoms with Crippen molar-refractivity contribution >= 4 is 27.0 Å². The lowest BCUT2D eigenvalue weighted by Gasteiger charge is -2.11. The fraction of sp³-hybridized carbons (Fsp3) is 0.333. The Morgan fingerprint density at radius 2 is 2.24 bits per heavy atom. The highest BCUT2D eigenvalue weighted by Gasteiger charge is 2.09. The van der Waals surface area contributed by atoms with E-state index >= 15 is 0 Å². The van der Waals surface area contributed by atoms with Crippen LogP contribution in [0.25, 0.3) is 15.7 Å². The molecule has 17 heavy (non-hydrogen) atoms. The van der Waals surface area contributed by atoms with Gasteiger partial charge in [0, 0.05) is 16.1 Å². The number of aryl methyl sites for hydroxylation is 1. The number of hydrogen-bond acceptors (Lipinski definition) is 2. The van der Waals surface area contributed by atoms with E-state index in [0.717, 1.165) is 25.9 Å².